The van der Waals surface area contributed by atoms with Gasteiger partial charge in [0, 0.05) is 52.4 Å². The van der Waals surface area contributed by atoms with Crippen LogP contribution in [0.25, 0.3) is 0 Å². The first-order valence-electron chi connectivity index (χ1n) is 10.5. The highest BCUT2D eigenvalue weighted by Gasteiger charge is 2.17. The lowest BCUT2D eigenvalue weighted by molar-refractivity contribution is 0.0200. The van der Waals surface area contributed by atoms with Gasteiger partial charge in [0.25, 0.3) is 0 Å². The summed E-state index contributed by atoms with van der Waals surface area (Å²) >= 11 is 0. The molecule has 0 amide bonds. The highest BCUT2D eigenvalue weighted by Crippen LogP contribution is 2.11. The highest BCUT2D eigenvalue weighted by molar-refractivity contribution is 7.89. The van der Waals surface area contributed by atoms with Crippen molar-refractivity contribution in [3.8, 4) is 0 Å². The van der Waals surface area contributed by atoms with Crippen LogP contribution in [-0.4, -0.2) is 96.8 Å². The summed E-state index contributed by atoms with van der Waals surface area (Å²) in [4.78, 5) is 6.92. The molecular weight excluding hydrogens is 382 g/mol. The van der Waals surface area contributed by atoms with E-state index in [1.54, 1.807) is 0 Å². The quantitative estimate of drug-likeness (QED) is 0.241. The van der Waals surface area contributed by atoms with E-state index in [0.717, 1.165) is 71.7 Å². The third-order valence-corrected chi connectivity index (χ3v) is 6.17. The van der Waals surface area contributed by atoms with Gasteiger partial charge in [-0.05, 0) is 32.6 Å². The standard InChI is InChI=1S/C18H37N5O4S/c1-2-19-18(20-7-5-9-23-10-13-26-14-11-23)21-8-15-28(24,25)22-16-17-6-3-4-12-27-17/h17,22H,2-16H2,1H3,(H2,19,20,21). The van der Waals surface area contributed by atoms with Crippen LogP contribution in [0.5, 0.6) is 0 Å². The van der Waals surface area contributed by atoms with Gasteiger partial charge in [-0.2, -0.15) is 0 Å². The van der Waals surface area contributed by atoms with Crippen LogP contribution in [0.2, 0.25) is 0 Å². The van der Waals surface area contributed by atoms with Crippen molar-refractivity contribution in [2.75, 3.05) is 71.4 Å². The van der Waals surface area contributed by atoms with Gasteiger partial charge in [-0.15, -0.1) is 0 Å². The Morgan fingerprint density at radius 3 is 2.71 bits per heavy atom. The summed E-state index contributed by atoms with van der Waals surface area (Å²) in [5.41, 5.74) is 0. The number of hydrogen-bond acceptors (Lipinski definition) is 6. The summed E-state index contributed by atoms with van der Waals surface area (Å²) in [6, 6.07) is 0. The molecule has 2 fully saturated rings. The summed E-state index contributed by atoms with van der Waals surface area (Å²) in [7, 11) is -3.33. The van der Waals surface area contributed by atoms with Crippen molar-refractivity contribution in [1.82, 2.24) is 20.3 Å². The van der Waals surface area contributed by atoms with Gasteiger partial charge in [0.05, 0.1) is 25.1 Å². The molecule has 2 aliphatic rings. The third-order valence-electron chi connectivity index (χ3n) is 4.82. The smallest absolute Gasteiger partial charge is 0.213 e. The van der Waals surface area contributed by atoms with Crippen LogP contribution in [0, 0.1) is 0 Å². The third kappa shape index (κ3) is 10.0. The minimum absolute atomic E-state index is 0.00170. The van der Waals surface area contributed by atoms with E-state index in [9.17, 15) is 8.42 Å². The first-order valence-corrected chi connectivity index (χ1v) is 12.2. The van der Waals surface area contributed by atoms with Gasteiger partial charge in [0.2, 0.25) is 10.0 Å². The molecule has 0 saturated carbocycles. The van der Waals surface area contributed by atoms with Crippen LogP contribution in [0.3, 0.4) is 0 Å². The molecule has 0 aliphatic carbocycles. The maximum atomic E-state index is 12.2. The van der Waals surface area contributed by atoms with Gasteiger partial charge in [0.1, 0.15) is 0 Å². The predicted octanol–water partition coefficient (Wildman–Crippen LogP) is -0.248. The Labute approximate surface area is 169 Å². The molecule has 1 atom stereocenters. The van der Waals surface area contributed by atoms with Crippen LogP contribution in [0.15, 0.2) is 4.99 Å². The second-order valence-electron chi connectivity index (χ2n) is 7.15. The van der Waals surface area contributed by atoms with Crippen molar-refractivity contribution in [2.45, 2.75) is 38.7 Å². The van der Waals surface area contributed by atoms with E-state index in [1.807, 2.05) is 6.92 Å². The largest absolute Gasteiger partial charge is 0.379 e. The van der Waals surface area contributed by atoms with Gasteiger partial charge in [-0.25, -0.2) is 13.1 Å². The average molecular weight is 420 g/mol. The SMILES string of the molecule is CCNC(=NCCCN1CCOCC1)NCCS(=O)(=O)NCC1CCCCO1. The Kier molecular flexibility index (Phi) is 11.1. The average Bonchev–Trinajstić information content (AvgIpc) is 2.71. The first-order chi connectivity index (χ1) is 13.6. The molecule has 164 valence electrons. The summed E-state index contributed by atoms with van der Waals surface area (Å²) < 4.78 is 37.9. The van der Waals surface area contributed by atoms with E-state index in [-0.39, 0.29) is 11.9 Å². The Bertz CT molecular complexity index is 546. The Balaban J connectivity index is 1.63. The molecule has 2 aliphatic heterocycles. The van der Waals surface area contributed by atoms with E-state index in [4.69, 9.17) is 9.47 Å². The van der Waals surface area contributed by atoms with Crippen LogP contribution in [0.4, 0.5) is 0 Å². The zero-order valence-electron chi connectivity index (χ0n) is 17.1. The van der Waals surface area contributed by atoms with Crippen LogP contribution in [-0.2, 0) is 19.5 Å². The van der Waals surface area contributed by atoms with E-state index >= 15 is 0 Å². The van der Waals surface area contributed by atoms with Crippen LogP contribution < -0.4 is 15.4 Å². The number of ether oxygens (including phenoxy) is 2. The summed E-state index contributed by atoms with van der Waals surface area (Å²) in [6.45, 7) is 9.43. The molecule has 1 unspecified atom stereocenters. The predicted molar refractivity (Wildman–Crippen MR) is 111 cm³/mol. The second kappa shape index (κ2) is 13.3. The monoisotopic (exact) mass is 419 g/mol. The van der Waals surface area contributed by atoms with E-state index in [1.165, 1.54) is 0 Å². The topological polar surface area (TPSA) is 104 Å². The number of aliphatic imine (C=N–C) groups is 1. The van der Waals surface area contributed by atoms with E-state index in [0.29, 0.717) is 25.6 Å². The minimum Gasteiger partial charge on any atom is -0.379 e. The van der Waals surface area contributed by atoms with Crippen molar-refractivity contribution in [3.63, 3.8) is 0 Å². The van der Waals surface area contributed by atoms with Crippen molar-refractivity contribution in [3.05, 3.63) is 0 Å². The van der Waals surface area contributed by atoms with Crippen molar-refractivity contribution in [2.24, 2.45) is 4.99 Å². The van der Waals surface area contributed by atoms with E-state index < -0.39 is 10.0 Å². The lowest BCUT2D eigenvalue weighted by atomic mass is 10.1. The molecule has 0 aromatic carbocycles. The Morgan fingerprint density at radius 2 is 2.00 bits per heavy atom. The van der Waals surface area contributed by atoms with E-state index in [2.05, 4.69) is 25.2 Å². The number of morpholine rings is 1. The fourth-order valence-electron chi connectivity index (χ4n) is 3.22. The first kappa shape index (κ1) is 23.3. The molecule has 0 aromatic heterocycles. The maximum absolute atomic E-state index is 12.2. The number of nitrogens with zero attached hydrogens (tertiary/aromatic N) is 2. The molecule has 2 saturated heterocycles. The van der Waals surface area contributed by atoms with Gasteiger partial charge >= 0.3 is 0 Å². The molecule has 9 nitrogen and oxygen atoms in total. The van der Waals surface area contributed by atoms with Gasteiger partial charge in [-0.3, -0.25) is 9.89 Å². The fraction of sp³-hybridized carbons (Fsp3) is 0.944. The lowest BCUT2D eigenvalue weighted by Crippen LogP contribution is -2.42. The molecule has 0 bridgehead atoms. The van der Waals surface area contributed by atoms with Crippen LogP contribution in [0.1, 0.15) is 32.6 Å². The second-order valence-corrected chi connectivity index (χ2v) is 9.08. The number of guanidine groups is 1. The van der Waals surface area contributed by atoms with Gasteiger partial charge in [0.15, 0.2) is 5.96 Å². The molecule has 2 rings (SSSR count). The van der Waals surface area contributed by atoms with Crippen molar-refractivity contribution in [1.29, 1.82) is 0 Å². The zero-order chi connectivity index (χ0) is 20.1. The minimum atomic E-state index is -3.33. The van der Waals surface area contributed by atoms with Crippen LogP contribution >= 0.6 is 0 Å². The number of nitrogens with one attached hydrogen (secondary N) is 3. The summed E-state index contributed by atoms with van der Waals surface area (Å²) in [5, 5.41) is 6.27. The highest BCUT2D eigenvalue weighted by atomic mass is 32.2. The van der Waals surface area contributed by atoms with Crippen molar-refractivity contribution >= 4 is 16.0 Å². The van der Waals surface area contributed by atoms with Gasteiger partial charge in [-0.1, -0.05) is 0 Å². The van der Waals surface area contributed by atoms with Crippen molar-refractivity contribution < 1.29 is 17.9 Å². The molecule has 0 radical (unpaired) electrons. The maximum Gasteiger partial charge on any atom is 0.213 e. The molecule has 0 aromatic rings. The molecule has 10 heteroatoms. The fourth-order valence-corrected chi connectivity index (χ4v) is 4.17. The normalized spacial score (nSPS) is 22.2. The Hall–Kier alpha value is -0.940. The molecule has 28 heavy (non-hydrogen) atoms. The number of hydrogen-bond donors (Lipinski definition) is 3. The van der Waals surface area contributed by atoms with Gasteiger partial charge < -0.3 is 20.1 Å². The Morgan fingerprint density at radius 1 is 1.18 bits per heavy atom. The molecule has 0 spiro atoms. The molecule has 2 heterocycles. The molecular formula is C18H37N5O4S. The summed E-state index contributed by atoms with van der Waals surface area (Å²) in [5.74, 6) is 0.674. The lowest BCUT2D eigenvalue weighted by Gasteiger charge is -2.26. The number of rotatable bonds is 11. The number of sulfonamides is 1. The summed E-state index contributed by atoms with van der Waals surface area (Å²) in [6.07, 6.45) is 4.05. The molecule has 3 N–H and O–H groups in total. The zero-order valence-corrected chi connectivity index (χ0v) is 17.9.